The van der Waals surface area contributed by atoms with Crippen LogP contribution in [0.2, 0.25) is 0 Å². The van der Waals surface area contributed by atoms with Crippen molar-refractivity contribution >= 4 is 39.2 Å². The topological polar surface area (TPSA) is 87.6 Å². The van der Waals surface area contributed by atoms with Gasteiger partial charge in [0.1, 0.15) is 4.21 Å². The van der Waals surface area contributed by atoms with Gasteiger partial charge in [-0.3, -0.25) is 9.52 Å². The van der Waals surface area contributed by atoms with Crippen LogP contribution in [-0.4, -0.2) is 20.5 Å². The molecule has 136 valence electrons. The van der Waals surface area contributed by atoms with E-state index in [0.29, 0.717) is 5.92 Å². The van der Waals surface area contributed by atoms with Gasteiger partial charge in [0, 0.05) is 6.21 Å². The Hall–Kier alpha value is -2.45. The first-order valence-corrected chi connectivity index (χ1v) is 10.6. The van der Waals surface area contributed by atoms with Gasteiger partial charge in [0.15, 0.2) is 0 Å². The Bertz CT molecular complexity index is 919. The molecule has 1 aromatic heterocycles. The summed E-state index contributed by atoms with van der Waals surface area (Å²) in [5.41, 5.74) is 2.91. The van der Waals surface area contributed by atoms with E-state index in [0.717, 1.165) is 30.6 Å². The number of carbonyl (C=O) groups is 1. The maximum Gasteiger partial charge on any atom is 0.273 e. The SMILES string of the molecule is O=C(N/N=C\[C@@H]1CC=CCC1)c1ccccc1NS(=O)(=O)c1cccs1. The zero-order valence-electron chi connectivity index (χ0n) is 14.0. The predicted molar refractivity (Wildman–Crippen MR) is 104 cm³/mol. The highest BCUT2D eigenvalue weighted by Crippen LogP contribution is 2.23. The number of nitrogens with zero attached hydrogens (tertiary/aromatic N) is 1. The van der Waals surface area contributed by atoms with Crippen LogP contribution in [0.1, 0.15) is 29.6 Å². The molecule has 0 radical (unpaired) electrons. The Morgan fingerprint density at radius 1 is 1.19 bits per heavy atom. The zero-order valence-corrected chi connectivity index (χ0v) is 15.6. The fraction of sp³-hybridized carbons (Fsp3) is 0.222. The average molecular weight is 390 g/mol. The number of sulfonamides is 1. The van der Waals surface area contributed by atoms with E-state index >= 15 is 0 Å². The van der Waals surface area contributed by atoms with E-state index in [1.54, 1.807) is 41.9 Å². The number of benzene rings is 1. The first-order valence-electron chi connectivity index (χ1n) is 8.20. The zero-order chi connectivity index (χ0) is 18.4. The second-order valence-corrected chi connectivity index (χ2v) is 8.70. The molecule has 1 amide bonds. The summed E-state index contributed by atoms with van der Waals surface area (Å²) >= 11 is 1.11. The van der Waals surface area contributed by atoms with Gasteiger partial charge in [0.25, 0.3) is 15.9 Å². The number of thiophene rings is 1. The van der Waals surface area contributed by atoms with Gasteiger partial charge in [0.05, 0.1) is 11.3 Å². The Morgan fingerprint density at radius 2 is 2.04 bits per heavy atom. The van der Waals surface area contributed by atoms with E-state index in [4.69, 9.17) is 0 Å². The Kier molecular flexibility index (Phi) is 5.85. The first kappa shape index (κ1) is 18.3. The van der Waals surface area contributed by atoms with Crippen LogP contribution in [0, 0.1) is 5.92 Å². The fourth-order valence-corrected chi connectivity index (χ4v) is 4.67. The molecule has 0 aliphatic heterocycles. The maximum absolute atomic E-state index is 12.4. The van der Waals surface area contributed by atoms with Crippen molar-refractivity contribution in [1.29, 1.82) is 0 Å². The third-order valence-electron chi connectivity index (χ3n) is 3.94. The van der Waals surface area contributed by atoms with Crippen molar-refractivity contribution in [2.45, 2.75) is 23.5 Å². The molecule has 6 nitrogen and oxygen atoms in total. The largest absolute Gasteiger partial charge is 0.278 e. The molecule has 0 unspecified atom stereocenters. The average Bonchev–Trinajstić information content (AvgIpc) is 3.18. The van der Waals surface area contributed by atoms with Gasteiger partial charge in [-0.2, -0.15) is 5.10 Å². The first-order chi connectivity index (χ1) is 12.6. The summed E-state index contributed by atoms with van der Waals surface area (Å²) in [5.74, 6) is -0.148. The van der Waals surface area contributed by atoms with E-state index in [1.807, 2.05) is 0 Å². The molecule has 1 aromatic carbocycles. The van der Waals surface area contributed by atoms with E-state index in [9.17, 15) is 13.2 Å². The molecule has 2 N–H and O–H groups in total. The maximum atomic E-state index is 12.4. The number of hydrogen-bond donors (Lipinski definition) is 2. The molecule has 26 heavy (non-hydrogen) atoms. The molecule has 8 heteroatoms. The monoisotopic (exact) mass is 389 g/mol. The lowest BCUT2D eigenvalue weighted by atomic mass is 9.96. The third kappa shape index (κ3) is 4.59. The number of carbonyl (C=O) groups excluding carboxylic acids is 1. The van der Waals surface area contributed by atoms with Gasteiger partial charge in [-0.1, -0.05) is 30.4 Å². The van der Waals surface area contributed by atoms with Gasteiger partial charge in [-0.05, 0) is 48.8 Å². The molecule has 2 aromatic rings. The van der Waals surface area contributed by atoms with E-state index < -0.39 is 15.9 Å². The van der Waals surface area contributed by atoms with Crippen molar-refractivity contribution in [2.75, 3.05) is 4.72 Å². The number of nitrogens with one attached hydrogen (secondary N) is 2. The van der Waals surface area contributed by atoms with Crippen molar-refractivity contribution in [3.63, 3.8) is 0 Å². The number of rotatable bonds is 6. The van der Waals surface area contributed by atoms with Gasteiger partial charge in [0.2, 0.25) is 0 Å². The standard InChI is InChI=1S/C18H19N3O3S2/c22-18(20-19-13-14-7-2-1-3-8-14)15-9-4-5-10-16(15)21-26(23,24)17-11-6-12-25-17/h1-2,4-6,9-14,21H,3,7-8H2,(H,20,22)/b19-13-/t14-/m1/s1. The van der Waals surface area contributed by atoms with Crippen LogP contribution in [0.4, 0.5) is 5.69 Å². The fourth-order valence-electron chi connectivity index (χ4n) is 2.60. The molecule has 1 aliphatic rings. The van der Waals surface area contributed by atoms with Crippen molar-refractivity contribution in [3.05, 3.63) is 59.5 Å². The molecule has 1 aliphatic carbocycles. The van der Waals surface area contributed by atoms with Crippen LogP contribution in [0.15, 0.2) is 63.2 Å². The van der Waals surface area contributed by atoms with Gasteiger partial charge >= 0.3 is 0 Å². The molecule has 1 atom stereocenters. The van der Waals surface area contributed by atoms with Gasteiger partial charge in [-0.25, -0.2) is 13.8 Å². The van der Waals surface area contributed by atoms with Crippen molar-refractivity contribution in [2.24, 2.45) is 11.0 Å². The van der Waals surface area contributed by atoms with E-state index in [2.05, 4.69) is 27.4 Å². The van der Waals surface area contributed by atoms with E-state index in [1.165, 1.54) is 6.07 Å². The number of anilines is 1. The van der Waals surface area contributed by atoms with Crippen LogP contribution in [0.25, 0.3) is 0 Å². The summed E-state index contributed by atoms with van der Waals surface area (Å²) in [6, 6.07) is 9.62. The Labute approximate surface area is 156 Å². The molecule has 3 rings (SSSR count). The quantitative estimate of drug-likeness (QED) is 0.449. The number of allylic oxidation sites excluding steroid dienone is 2. The summed E-state index contributed by atoms with van der Waals surface area (Å²) in [5, 5.41) is 5.71. The number of amides is 1. The van der Waals surface area contributed by atoms with Gasteiger partial charge < -0.3 is 0 Å². The molecular weight excluding hydrogens is 370 g/mol. The lowest BCUT2D eigenvalue weighted by Crippen LogP contribution is -2.22. The second-order valence-electron chi connectivity index (χ2n) is 5.85. The second kappa shape index (κ2) is 8.29. The Morgan fingerprint density at radius 3 is 2.77 bits per heavy atom. The highest BCUT2D eigenvalue weighted by atomic mass is 32.2. The summed E-state index contributed by atoms with van der Waals surface area (Å²) < 4.78 is 27.4. The smallest absolute Gasteiger partial charge is 0.273 e. The normalized spacial score (nSPS) is 17.3. The minimum absolute atomic E-state index is 0.191. The molecule has 0 fully saturated rings. The van der Waals surface area contributed by atoms with Crippen molar-refractivity contribution in [3.8, 4) is 0 Å². The van der Waals surface area contributed by atoms with Gasteiger partial charge in [-0.15, -0.1) is 11.3 Å². The van der Waals surface area contributed by atoms with Crippen molar-refractivity contribution in [1.82, 2.24) is 5.43 Å². The number of para-hydroxylation sites is 1. The van der Waals surface area contributed by atoms with Crippen LogP contribution >= 0.6 is 11.3 Å². The molecule has 0 saturated heterocycles. The summed E-state index contributed by atoms with van der Waals surface area (Å²) in [4.78, 5) is 12.4. The van der Waals surface area contributed by atoms with Crippen LogP contribution in [0.3, 0.4) is 0 Å². The molecule has 1 heterocycles. The molecule has 0 saturated carbocycles. The highest BCUT2D eigenvalue weighted by Gasteiger charge is 2.19. The van der Waals surface area contributed by atoms with Crippen LogP contribution in [0.5, 0.6) is 0 Å². The predicted octanol–water partition coefficient (Wildman–Crippen LogP) is 3.62. The molecule has 0 bridgehead atoms. The number of hydrazone groups is 1. The Balaban J connectivity index is 1.71. The summed E-state index contributed by atoms with van der Waals surface area (Å²) in [6.07, 6.45) is 8.91. The third-order valence-corrected chi connectivity index (χ3v) is 6.70. The van der Waals surface area contributed by atoms with Crippen LogP contribution in [-0.2, 0) is 10.0 Å². The minimum atomic E-state index is -3.72. The van der Waals surface area contributed by atoms with Crippen molar-refractivity contribution < 1.29 is 13.2 Å². The summed E-state index contributed by atoms with van der Waals surface area (Å²) in [6.45, 7) is 0. The summed E-state index contributed by atoms with van der Waals surface area (Å²) in [7, 11) is -3.72. The highest BCUT2D eigenvalue weighted by molar-refractivity contribution is 7.94. The lowest BCUT2D eigenvalue weighted by molar-refractivity contribution is 0.0956. The minimum Gasteiger partial charge on any atom is -0.278 e. The van der Waals surface area contributed by atoms with Crippen LogP contribution < -0.4 is 10.1 Å². The lowest BCUT2D eigenvalue weighted by Gasteiger charge is -2.12. The van der Waals surface area contributed by atoms with E-state index in [-0.39, 0.29) is 15.5 Å². The number of hydrogen-bond acceptors (Lipinski definition) is 5. The molecular formula is C18H19N3O3S2. The molecule has 0 spiro atoms.